The summed E-state index contributed by atoms with van der Waals surface area (Å²) in [7, 11) is 3.96. The fourth-order valence-corrected chi connectivity index (χ4v) is 3.32. The van der Waals surface area contributed by atoms with E-state index < -0.39 is 15.6 Å². The monoisotopic (exact) mass is 249 g/mol. The van der Waals surface area contributed by atoms with Gasteiger partial charge in [-0.05, 0) is 0 Å². The van der Waals surface area contributed by atoms with Crippen molar-refractivity contribution >= 4 is 15.6 Å². The Morgan fingerprint density at radius 2 is 2.46 bits per heavy atom. The summed E-state index contributed by atoms with van der Waals surface area (Å²) < 4.78 is 18.5. The summed E-state index contributed by atoms with van der Waals surface area (Å²) in [5.41, 5.74) is 0. The number of hydrogen-bond acceptors (Lipinski definition) is 4. The fourth-order valence-electron chi connectivity index (χ4n) is 0.906. The Bertz CT molecular complexity index is 165. The molecule has 2 unspecified atom stereocenters. The first-order chi connectivity index (χ1) is 6.24. The first-order valence-electron chi connectivity index (χ1n) is 4.19. The van der Waals surface area contributed by atoms with Gasteiger partial charge in [-0.1, -0.05) is 0 Å². The van der Waals surface area contributed by atoms with Crippen molar-refractivity contribution < 1.29 is 12.2 Å². The molecule has 0 aromatic heterocycles. The maximum absolute atomic E-state index is 5.66. The molecule has 1 saturated heterocycles. The third-order valence-corrected chi connectivity index (χ3v) is 4.63. The third kappa shape index (κ3) is 3.79. The van der Waals surface area contributed by atoms with E-state index in [2.05, 4.69) is 6.58 Å². The van der Waals surface area contributed by atoms with Gasteiger partial charge in [0.2, 0.25) is 0 Å². The van der Waals surface area contributed by atoms with Gasteiger partial charge in [0.1, 0.15) is 0 Å². The molecular formula is C8H16AsNO3. The molecule has 0 amide bonds. The van der Waals surface area contributed by atoms with Crippen LogP contribution in [0.15, 0.2) is 12.7 Å². The van der Waals surface area contributed by atoms with Crippen LogP contribution in [0.25, 0.3) is 0 Å². The summed E-state index contributed by atoms with van der Waals surface area (Å²) in [5.74, 6) is 0. The molecule has 76 valence electrons. The SMILES string of the molecule is C=CCOCC1CO[As](N(C)C)O1. The van der Waals surface area contributed by atoms with Gasteiger partial charge in [-0.2, -0.15) is 0 Å². The molecule has 0 bridgehead atoms. The number of ether oxygens (including phenoxy) is 1. The van der Waals surface area contributed by atoms with Crippen molar-refractivity contribution in [3.8, 4) is 0 Å². The van der Waals surface area contributed by atoms with Crippen LogP contribution in [0.4, 0.5) is 0 Å². The Labute approximate surface area is 84.6 Å². The van der Waals surface area contributed by atoms with E-state index in [0.29, 0.717) is 19.8 Å². The van der Waals surface area contributed by atoms with Crippen molar-refractivity contribution in [2.75, 3.05) is 33.9 Å². The summed E-state index contributed by atoms with van der Waals surface area (Å²) in [6.07, 6.45) is 1.85. The number of rotatable bonds is 5. The summed E-state index contributed by atoms with van der Waals surface area (Å²) >= 11 is -1.60. The molecule has 0 saturated carbocycles. The predicted molar refractivity (Wildman–Crippen MR) is 51.3 cm³/mol. The summed E-state index contributed by atoms with van der Waals surface area (Å²) in [6.45, 7) is 5.41. The molecule has 1 aliphatic heterocycles. The predicted octanol–water partition coefficient (Wildman–Crippen LogP) is 0.151. The van der Waals surface area contributed by atoms with Gasteiger partial charge in [0.25, 0.3) is 0 Å². The van der Waals surface area contributed by atoms with Crippen LogP contribution in [0.5, 0.6) is 0 Å². The average Bonchev–Trinajstić information content (AvgIpc) is 2.53. The van der Waals surface area contributed by atoms with Crippen LogP contribution < -0.4 is 0 Å². The second kappa shape index (κ2) is 5.78. The van der Waals surface area contributed by atoms with Crippen LogP contribution in [-0.4, -0.2) is 59.4 Å². The van der Waals surface area contributed by atoms with Crippen molar-refractivity contribution in [3.63, 3.8) is 0 Å². The molecule has 0 spiro atoms. The molecule has 0 aromatic carbocycles. The standard InChI is InChI=1S/C8H16AsNO3/c1-4-5-11-6-8-7-12-9(13-8)10(2)3/h4,8H,1,5-7H2,2-3H3. The minimum absolute atomic E-state index is 0.113. The topological polar surface area (TPSA) is 30.9 Å². The van der Waals surface area contributed by atoms with E-state index in [-0.39, 0.29) is 6.10 Å². The van der Waals surface area contributed by atoms with E-state index in [4.69, 9.17) is 12.2 Å². The first kappa shape index (κ1) is 11.2. The van der Waals surface area contributed by atoms with Gasteiger partial charge >= 0.3 is 84.2 Å². The van der Waals surface area contributed by atoms with E-state index in [1.165, 1.54) is 0 Å². The molecule has 1 rings (SSSR count). The Hall–Kier alpha value is 0.138. The van der Waals surface area contributed by atoms with Gasteiger partial charge in [0.05, 0.1) is 0 Å². The van der Waals surface area contributed by atoms with Gasteiger partial charge in [0, 0.05) is 0 Å². The van der Waals surface area contributed by atoms with Crippen molar-refractivity contribution in [3.05, 3.63) is 12.7 Å². The molecule has 0 radical (unpaired) electrons. The van der Waals surface area contributed by atoms with Gasteiger partial charge < -0.3 is 0 Å². The van der Waals surface area contributed by atoms with Gasteiger partial charge in [-0.15, -0.1) is 0 Å². The average molecular weight is 249 g/mol. The summed E-state index contributed by atoms with van der Waals surface area (Å²) in [6, 6.07) is 0. The zero-order valence-corrected chi connectivity index (χ0v) is 9.98. The fraction of sp³-hybridized carbons (Fsp3) is 0.750. The molecule has 0 aliphatic carbocycles. The van der Waals surface area contributed by atoms with Crippen molar-refractivity contribution in [1.82, 2.24) is 3.82 Å². The Morgan fingerprint density at radius 1 is 1.69 bits per heavy atom. The molecule has 0 N–H and O–H groups in total. The molecule has 5 heteroatoms. The molecule has 1 aliphatic rings. The van der Waals surface area contributed by atoms with Crippen LogP contribution in [0, 0.1) is 0 Å². The van der Waals surface area contributed by atoms with E-state index in [9.17, 15) is 0 Å². The van der Waals surface area contributed by atoms with E-state index in [0.717, 1.165) is 0 Å². The van der Waals surface area contributed by atoms with Crippen molar-refractivity contribution in [2.24, 2.45) is 0 Å². The Morgan fingerprint density at radius 3 is 3.00 bits per heavy atom. The number of hydrogen-bond donors (Lipinski definition) is 0. The Kier molecular flexibility index (Phi) is 4.99. The normalized spacial score (nSPS) is 28.2. The molecule has 0 aromatic rings. The van der Waals surface area contributed by atoms with Gasteiger partial charge in [-0.3, -0.25) is 0 Å². The molecule has 13 heavy (non-hydrogen) atoms. The zero-order chi connectivity index (χ0) is 9.68. The Balaban J connectivity index is 2.13. The molecular weight excluding hydrogens is 233 g/mol. The zero-order valence-electron chi connectivity index (χ0n) is 8.10. The van der Waals surface area contributed by atoms with Gasteiger partial charge in [-0.25, -0.2) is 0 Å². The minimum atomic E-state index is -1.60. The van der Waals surface area contributed by atoms with Crippen LogP contribution in [0.2, 0.25) is 0 Å². The van der Waals surface area contributed by atoms with Crippen molar-refractivity contribution in [2.45, 2.75) is 6.10 Å². The van der Waals surface area contributed by atoms with E-state index in [1.54, 1.807) is 6.08 Å². The second-order valence-corrected chi connectivity index (χ2v) is 6.59. The summed E-state index contributed by atoms with van der Waals surface area (Å²) in [4.78, 5) is 0. The van der Waals surface area contributed by atoms with Crippen LogP contribution in [0.3, 0.4) is 0 Å². The third-order valence-electron chi connectivity index (χ3n) is 1.48. The second-order valence-electron chi connectivity index (χ2n) is 2.93. The van der Waals surface area contributed by atoms with Crippen LogP contribution >= 0.6 is 0 Å². The quantitative estimate of drug-likeness (QED) is 0.394. The summed E-state index contributed by atoms with van der Waals surface area (Å²) in [5, 5.41) is 0. The maximum atomic E-state index is 5.66. The van der Waals surface area contributed by atoms with Gasteiger partial charge in [0.15, 0.2) is 0 Å². The van der Waals surface area contributed by atoms with Crippen LogP contribution in [0.1, 0.15) is 0 Å². The molecule has 2 atom stereocenters. The molecule has 1 heterocycles. The number of nitrogens with zero attached hydrogens (tertiary/aromatic N) is 1. The van der Waals surface area contributed by atoms with Crippen molar-refractivity contribution in [1.29, 1.82) is 0 Å². The van der Waals surface area contributed by atoms with E-state index in [1.807, 2.05) is 17.9 Å². The first-order valence-corrected chi connectivity index (χ1v) is 6.57. The van der Waals surface area contributed by atoms with Crippen LogP contribution in [-0.2, 0) is 12.2 Å². The molecule has 1 fully saturated rings. The molecule has 4 nitrogen and oxygen atoms in total. The van der Waals surface area contributed by atoms with E-state index >= 15 is 0 Å².